The molecule has 2 aromatic carbocycles. The molecule has 1 fully saturated rings. The highest BCUT2D eigenvalue weighted by atomic mass is 32.2. The molecule has 0 spiro atoms. The van der Waals surface area contributed by atoms with E-state index in [1.807, 2.05) is 12.1 Å². The zero-order valence-corrected chi connectivity index (χ0v) is 15.5. The van der Waals surface area contributed by atoms with Crippen LogP contribution in [-0.4, -0.2) is 34.7 Å². The van der Waals surface area contributed by atoms with Crippen LogP contribution < -0.4 is 9.62 Å². The fourth-order valence-electron chi connectivity index (χ4n) is 3.17. The Balaban J connectivity index is 1.65. The van der Waals surface area contributed by atoms with Crippen molar-refractivity contribution in [1.82, 2.24) is 0 Å². The van der Waals surface area contributed by atoms with Crippen LogP contribution in [0, 0.1) is 5.82 Å². The lowest BCUT2D eigenvalue weighted by atomic mass is 10.1. The van der Waals surface area contributed by atoms with Gasteiger partial charge in [-0.05, 0) is 54.8 Å². The number of hydrogen-bond acceptors (Lipinski definition) is 4. The van der Waals surface area contributed by atoms with Gasteiger partial charge in [-0.25, -0.2) is 12.8 Å². The molecule has 1 aliphatic heterocycles. The number of nitrogens with one attached hydrogen (secondary N) is 1. The zero-order chi connectivity index (χ0) is 18.6. The maximum atomic E-state index is 13.2. The van der Waals surface area contributed by atoms with Crippen molar-refractivity contribution in [2.24, 2.45) is 0 Å². The Kier molecular flexibility index (Phi) is 5.78. The van der Waals surface area contributed by atoms with E-state index in [1.54, 1.807) is 25.3 Å². The van der Waals surface area contributed by atoms with E-state index >= 15 is 0 Å². The van der Waals surface area contributed by atoms with Gasteiger partial charge in [-0.1, -0.05) is 12.1 Å². The number of rotatable bonds is 6. The lowest BCUT2D eigenvalue weighted by Crippen LogP contribution is -2.39. The van der Waals surface area contributed by atoms with Crippen LogP contribution >= 0.6 is 0 Å². The molecule has 26 heavy (non-hydrogen) atoms. The number of methoxy groups -OCH3 is 1. The number of benzene rings is 2. The van der Waals surface area contributed by atoms with Crippen molar-refractivity contribution in [3.8, 4) is 0 Å². The molecular formula is C19H23FN2O3S. The van der Waals surface area contributed by atoms with E-state index in [9.17, 15) is 12.8 Å². The minimum atomic E-state index is -3.61. The average Bonchev–Trinajstić information content (AvgIpc) is 2.61. The second-order valence-electron chi connectivity index (χ2n) is 6.48. The fourth-order valence-corrected chi connectivity index (χ4v) is 4.35. The molecule has 1 N–H and O–H groups in total. The maximum absolute atomic E-state index is 13.2. The Morgan fingerprint density at radius 2 is 2.00 bits per heavy atom. The summed E-state index contributed by atoms with van der Waals surface area (Å²) in [5.74, 6) is -0.716. The number of nitrogens with zero attached hydrogens (tertiary/aromatic N) is 1. The first-order valence-electron chi connectivity index (χ1n) is 8.58. The summed E-state index contributed by atoms with van der Waals surface area (Å²) in [4.78, 5) is 2.24. The first-order chi connectivity index (χ1) is 12.4. The highest BCUT2D eigenvalue weighted by Crippen LogP contribution is 2.23. The summed E-state index contributed by atoms with van der Waals surface area (Å²) in [5.41, 5.74) is 1.94. The number of hydrogen-bond donors (Lipinski definition) is 1. The maximum Gasteiger partial charge on any atom is 0.236 e. The van der Waals surface area contributed by atoms with Crippen molar-refractivity contribution < 1.29 is 17.5 Å². The molecule has 0 aliphatic carbocycles. The third kappa shape index (κ3) is 4.95. The molecule has 1 unspecified atom stereocenters. The van der Waals surface area contributed by atoms with Gasteiger partial charge in [-0.2, -0.15) is 0 Å². The van der Waals surface area contributed by atoms with Crippen LogP contribution in [0.4, 0.5) is 15.8 Å². The van der Waals surface area contributed by atoms with E-state index in [1.165, 1.54) is 18.2 Å². The number of ether oxygens (including phenoxy) is 1. The SMILES string of the molecule is COC1CCCN(c2ccc(NS(=O)(=O)Cc3cccc(F)c3)cc2)C1. The van der Waals surface area contributed by atoms with E-state index in [-0.39, 0.29) is 11.9 Å². The van der Waals surface area contributed by atoms with Gasteiger partial charge in [0.05, 0.1) is 11.9 Å². The molecule has 0 saturated carbocycles. The Bertz CT molecular complexity index is 840. The van der Waals surface area contributed by atoms with Gasteiger partial charge in [0.25, 0.3) is 0 Å². The molecule has 0 amide bonds. The van der Waals surface area contributed by atoms with Crippen molar-refractivity contribution in [3.05, 3.63) is 59.9 Å². The third-order valence-corrected chi connectivity index (χ3v) is 5.72. The van der Waals surface area contributed by atoms with E-state index in [0.717, 1.165) is 31.6 Å². The third-order valence-electron chi connectivity index (χ3n) is 4.46. The molecule has 0 radical (unpaired) electrons. The van der Waals surface area contributed by atoms with Crippen molar-refractivity contribution in [1.29, 1.82) is 0 Å². The summed E-state index contributed by atoms with van der Waals surface area (Å²) < 4.78 is 45.8. The van der Waals surface area contributed by atoms with Crippen molar-refractivity contribution in [3.63, 3.8) is 0 Å². The number of piperidine rings is 1. The molecule has 2 aromatic rings. The van der Waals surface area contributed by atoms with Crippen molar-refractivity contribution in [2.75, 3.05) is 29.8 Å². The normalized spacial score (nSPS) is 17.9. The van der Waals surface area contributed by atoms with E-state index in [2.05, 4.69) is 9.62 Å². The van der Waals surface area contributed by atoms with Crippen LogP contribution in [0.1, 0.15) is 18.4 Å². The molecule has 3 rings (SSSR count). The van der Waals surface area contributed by atoms with Gasteiger partial charge < -0.3 is 9.64 Å². The Labute approximate surface area is 153 Å². The Hall–Kier alpha value is -2.12. The molecule has 1 saturated heterocycles. The molecule has 1 heterocycles. The van der Waals surface area contributed by atoms with Crippen LogP contribution in [0.15, 0.2) is 48.5 Å². The first kappa shape index (κ1) is 18.7. The summed E-state index contributed by atoms with van der Waals surface area (Å²) in [6.45, 7) is 1.80. The van der Waals surface area contributed by atoms with Crippen LogP contribution in [0.2, 0.25) is 0 Å². The molecule has 1 atom stereocenters. The van der Waals surface area contributed by atoms with Crippen LogP contribution in [0.3, 0.4) is 0 Å². The predicted octanol–water partition coefficient (Wildman–Crippen LogP) is 3.38. The van der Waals surface area contributed by atoms with Gasteiger partial charge in [0.2, 0.25) is 10.0 Å². The lowest BCUT2D eigenvalue weighted by Gasteiger charge is -2.33. The number of anilines is 2. The highest BCUT2D eigenvalue weighted by Gasteiger charge is 2.20. The smallest absolute Gasteiger partial charge is 0.236 e. The molecule has 0 bridgehead atoms. The van der Waals surface area contributed by atoms with Crippen LogP contribution in [-0.2, 0) is 20.5 Å². The van der Waals surface area contributed by atoms with Gasteiger partial charge in [-0.15, -0.1) is 0 Å². The minimum absolute atomic E-state index is 0.230. The summed E-state index contributed by atoms with van der Waals surface area (Å²) >= 11 is 0. The standard InChI is InChI=1S/C19H23FN2O3S/c1-25-19-6-3-11-22(13-19)18-9-7-17(8-10-18)21-26(23,24)14-15-4-2-5-16(20)12-15/h2,4-5,7-10,12,19,21H,3,6,11,13-14H2,1H3. The zero-order valence-electron chi connectivity index (χ0n) is 14.7. The lowest BCUT2D eigenvalue weighted by molar-refractivity contribution is 0.0893. The molecule has 5 nitrogen and oxygen atoms in total. The first-order valence-corrected chi connectivity index (χ1v) is 10.2. The Morgan fingerprint density at radius 1 is 1.23 bits per heavy atom. The van der Waals surface area contributed by atoms with Gasteiger partial charge in [0, 0.05) is 31.6 Å². The summed E-state index contributed by atoms with van der Waals surface area (Å²) in [5, 5.41) is 0. The topological polar surface area (TPSA) is 58.6 Å². The average molecular weight is 378 g/mol. The summed E-state index contributed by atoms with van der Waals surface area (Å²) in [7, 11) is -1.88. The van der Waals surface area contributed by atoms with E-state index < -0.39 is 15.8 Å². The van der Waals surface area contributed by atoms with Gasteiger partial charge >= 0.3 is 0 Å². The predicted molar refractivity (Wildman–Crippen MR) is 101 cm³/mol. The second kappa shape index (κ2) is 8.05. The number of sulfonamides is 1. The minimum Gasteiger partial charge on any atom is -0.380 e. The molecule has 140 valence electrons. The van der Waals surface area contributed by atoms with Gasteiger partial charge in [0.1, 0.15) is 5.82 Å². The quantitative estimate of drug-likeness (QED) is 0.837. The summed E-state index contributed by atoms with van der Waals surface area (Å²) in [6.07, 6.45) is 2.36. The van der Waals surface area contributed by atoms with Crippen LogP contribution in [0.25, 0.3) is 0 Å². The monoisotopic (exact) mass is 378 g/mol. The van der Waals surface area contributed by atoms with Gasteiger partial charge in [-0.3, -0.25) is 4.72 Å². The van der Waals surface area contributed by atoms with Crippen LogP contribution in [0.5, 0.6) is 0 Å². The van der Waals surface area contributed by atoms with Crippen molar-refractivity contribution >= 4 is 21.4 Å². The van der Waals surface area contributed by atoms with Gasteiger partial charge in [0.15, 0.2) is 0 Å². The number of halogens is 1. The Morgan fingerprint density at radius 3 is 2.69 bits per heavy atom. The fraction of sp³-hybridized carbons (Fsp3) is 0.368. The summed E-state index contributed by atoms with van der Waals surface area (Å²) in [6, 6.07) is 12.9. The highest BCUT2D eigenvalue weighted by molar-refractivity contribution is 7.91. The van der Waals surface area contributed by atoms with E-state index in [0.29, 0.717) is 11.3 Å². The molecule has 1 aliphatic rings. The van der Waals surface area contributed by atoms with Crippen molar-refractivity contribution in [2.45, 2.75) is 24.7 Å². The molecule has 0 aromatic heterocycles. The molecular weight excluding hydrogens is 355 g/mol. The largest absolute Gasteiger partial charge is 0.380 e. The molecule has 7 heteroatoms. The second-order valence-corrected chi connectivity index (χ2v) is 8.21. The van der Waals surface area contributed by atoms with E-state index in [4.69, 9.17) is 4.74 Å².